The van der Waals surface area contributed by atoms with E-state index >= 15 is 0 Å². The molecule has 0 N–H and O–H groups in total. The number of carbonyl (C=O) groups excluding carboxylic acids is 1. The summed E-state index contributed by atoms with van der Waals surface area (Å²) in [5.41, 5.74) is 2.18. The lowest BCUT2D eigenvalue weighted by Gasteiger charge is -2.06. The number of nitrogens with zero attached hydrogens (tertiary/aromatic N) is 1. The van der Waals surface area contributed by atoms with Gasteiger partial charge in [0, 0.05) is 31.7 Å². The van der Waals surface area contributed by atoms with Crippen LogP contribution in [0.25, 0.3) is 10.9 Å². The van der Waals surface area contributed by atoms with Crippen molar-refractivity contribution in [2.24, 2.45) is 0 Å². The van der Waals surface area contributed by atoms with Crippen LogP contribution in [0.3, 0.4) is 0 Å². The zero-order valence-electron chi connectivity index (χ0n) is 10.3. The number of benzene rings is 2. The highest BCUT2D eigenvalue weighted by molar-refractivity contribution is 9.11. The Morgan fingerprint density at radius 1 is 1.00 bits per heavy atom. The number of aromatic nitrogens is 1. The van der Waals surface area contributed by atoms with Crippen molar-refractivity contribution >= 4 is 48.5 Å². The summed E-state index contributed by atoms with van der Waals surface area (Å²) in [5, 5.41) is 0.962. The fourth-order valence-corrected chi connectivity index (χ4v) is 2.83. The average Bonchev–Trinajstić information content (AvgIpc) is 2.48. The minimum absolute atomic E-state index is 0.0103. The average molecular weight is 391 g/mol. The van der Waals surface area contributed by atoms with Gasteiger partial charge in [-0.2, -0.15) is 0 Å². The third-order valence-corrected chi connectivity index (χ3v) is 4.22. The number of halogens is 2. The summed E-state index contributed by atoms with van der Waals surface area (Å²) in [6, 6.07) is 14.9. The van der Waals surface area contributed by atoms with Crippen molar-refractivity contribution < 1.29 is 4.79 Å². The highest BCUT2D eigenvalue weighted by Gasteiger charge is 2.13. The first kappa shape index (κ1) is 13.5. The molecule has 2 nitrogen and oxygen atoms in total. The lowest BCUT2D eigenvalue weighted by Crippen LogP contribution is -2.02. The zero-order valence-corrected chi connectivity index (χ0v) is 13.5. The number of pyridine rings is 1. The second kappa shape index (κ2) is 5.46. The standard InChI is InChI=1S/C16H9Br2NO/c17-12-4-5-14(18)13(9-12)16(20)11-3-6-15-10(8-11)2-1-7-19-15/h1-9H. The molecule has 20 heavy (non-hydrogen) atoms. The number of fused-ring (bicyclic) bond motifs is 1. The molecule has 0 aliphatic carbocycles. The maximum Gasteiger partial charge on any atom is 0.194 e. The molecule has 1 aromatic heterocycles. The largest absolute Gasteiger partial charge is 0.289 e. The van der Waals surface area contributed by atoms with Gasteiger partial charge in [-0.25, -0.2) is 0 Å². The Balaban J connectivity index is 2.10. The van der Waals surface area contributed by atoms with Gasteiger partial charge in [-0.15, -0.1) is 0 Å². The Bertz CT molecular complexity index is 814. The van der Waals surface area contributed by atoms with Crippen molar-refractivity contribution in [1.82, 2.24) is 4.98 Å². The van der Waals surface area contributed by atoms with Gasteiger partial charge in [0.1, 0.15) is 0 Å². The maximum absolute atomic E-state index is 12.6. The van der Waals surface area contributed by atoms with Crippen molar-refractivity contribution in [2.75, 3.05) is 0 Å². The first-order chi connectivity index (χ1) is 9.65. The molecule has 0 amide bonds. The van der Waals surface area contributed by atoms with Crippen molar-refractivity contribution in [3.05, 3.63) is 74.8 Å². The first-order valence-corrected chi connectivity index (χ1v) is 7.58. The molecular formula is C16H9Br2NO. The lowest BCUT2D eigenvalue weighted by atomic mass is 10.0. The fraction of sp³-hybridized carbons (Fsp3) is 0. The maximum atomic E-state index is 12.6. The summed E-state index contributed by atoms with van der Waals surface area (Å²) >= 11 is 6.82. The Kier molecular flexibility index (Phi) is 3.68. The van der Waals surface area contributed by atoms with E-state index in [0.29, 0.717) is 11.1 Å². The fourth-order valence-electron chi connectivity index (χ4n) is 2.04. The predicted octanol–water partition coefficient (Wildman–Crippen LogP) is 4.99. The summed E-state index contributed by atoms with van der Waals surface area (Å²) in [6.07, 6.45) is 1.74. The number of hydrogen-bond donors (Lipinski definition) is 0. The van der Waals surface area contributed by atoms with E-state index in [-0.39, 0.29) is 5.78 Å². The van der Waals surface area contributed by atoms with Crippen LogP contribution in [-0.2, 0) is 0 Å². The first-order valence-electron chi connectivity index (χ1n) is 6.00. The van der Waals surface area contributed by atoms with Gasteiger partial charge in [-0.3, -0.25) is 9.78 Å². The number of hydrogen-bond acceptors (Lipinski definition) is 2. The van der Waals surface area contributed by atoms with Crippen LogP contribution in [-0.4, -0.2) is 10.8 Å². The molecule has 4 heteroatoms. The molecule has 3 aromatic rings. The van der Waals surface area contributed by atoms with Crippen molar-refractivity contribution in [3.63, 3.8) is 0 Å². The summed E-state index contributed by atoms with van der Waals surface area (Å²) in [7, 11) is 0. The molecule has 98 valence electrons. The lowest BCUT2D eigenvalue weighted by molar-refractivity contribution is 0.103. The van der Waals surface area contributed by atoms with Gasteiger partial charge in [0.25, 0.3) is 0 Å². The number of carbonyl (C=O) groups is 1. The topological polar surface area (TPSA) is 30.0 Å². The van der Waals surface area contributed by atoms with E-state index in [1.54, 1.807) is 6.20 Å². The van der Waals surface area contributed by atoms with Crippen LogP contribution in [0.5, 0.6) is 0 Å². The normalized spacial score (nSPS) is 10.7. The molecule has 0 unspecified atom stereocenters. The summed E-state index contributed by atoms with van der Waals surface area (Å²) in [5.74, 6) is -0.0103. The van der Waals surface area contributed by atoms with E-state index in [0.717, 1.165) is 19.8 Å². The van der Waals surface area contributed by atoms with Crippen LogP contribution < -0.4 is 0 Å². The monoisotopic (exact) mass is 389 g/mol. The SMILES string of the molecule is O=C(c1ccc2ncccc2c1)c1cc(Br)ccc1Br. The molecule has 0 aliphatic heterocycles. The molecule has 0 fully saturated rings. The summed E-state index contributed by atoms with van der Waals surface area (Å²) in [4.78, 5) is 16.8. The van der Waals surface area contributed by atoms with Gasteiger partial charge in [0.2, 0.25) is 0 Å². The molecule has 0 radical (unpaired) electrons. The molecule has 0 saturated heterocycles. The van der Waals surface area contributed by atoms with E-state index in [1.807, 2.05) is 48.5 Å². The molecule has 0 spiro atoms. The molecule has 1 heterocycles. The van der Waals surface area contributed by atoms with Crippen molar-refractivity contribution in [1.29, 1.82) is 0 Å². The van der Waals surface area contributed by atoms with Crippen LogP contribution in [0, 0.1) is 0 Å². The predicted molar refractivity (Wildman–Crippen MR) is 87.0 cm³/mol. The Morgan fingerprint density at radius 2 is 1.85 bits per heavy atom. The van der Waals surface area contributed by atoms with E-state index < -0.39 is 0 Å². The van der Waals surface area contributed by atoms with Crippen molar-refractivity contribution in [2.45, 2.75) is 0 Å². The van der Waals surface area contributed by atoms with Crippen molar-refractivity contribution in [3.8, 4) is 0 Å². The molecule has 3 rings (SSSR count). The third-order valence-electron chi connectivity index (χ3n) is 3.04. The van der Waals surface area contributed by atoms with Gasteiger partial charge < -0.3 is 0 Å². The number of rotatable bonds is 2. The van der Waals surface area contributed by atoms with Gasteiger partial charge >= 0.3 is 0 Å². The van der Waals surface area contributed by atoms with Crippen LogP contribution in [0.2, 0.25) is 0 Å². The van der Waals surface area contributed by atoms with E-state index in [9.17, 15) is 4.79 Å². The molecule has 2 aromatic carbocycles. The third kappa shape index (κ3) is 2.53. The van der Waals surface area contributed by atoms with Crippen LogP contribution in [0.15, 0.2) is 63.7 Å². The molecule has 0 atom stereocenters. The van der Waals surface area contributed by atoms with E-state index in [2.05, 4.69) is 36.8 Å². The minimum Gasteiger partial charge on any atom is -0.289 e. The zero-order chi connectivity index (χ0) is 14.1. The van der Waals surface area contributed by atoms with E-state index in [1.165, 1.54) is 0 Å². The second-order valence-corrected chi connectivity index (χ2v) is 6.13. The molecule has 0 aliphatic rings. The van der Waals surface area contributed by atoms with Gasteiger partial charge in [0.05, 0.1) is 5.52 Å². The Labute approximate surface area is 133 Å². The van der Waals surface area contributed by atoms with Crippen LogP contribution in [0.1, 0.15) is 15.9 Å². The molecule has 0 bridgehead atoms. The van der Waals surface area contributed by atoms with Gasteiger partial charge in [0.15, 0.2) is 5.78 Å². The Morgan fingerprint density at radius 3 is 2.70 bits per heavy atom. The van der Waals surface area contributed by atoms with Gasteiger partial charge in [-0.1, -0.05) is 37.9 Å². The number of ketones is 1. The van der Waals surface area contributed by atoms with Crippen LogP contribution in [0.4, 0.5) is 0 Å². The smallest absolute Gasteiger partial charge is 0.194 e. The highest BCUT2D eigenvalue weighted by Crippen LogP contribution is 2.25. The minimum atomic E-state index is -0.0103. The summed E-state index contributed by atoms with van der Waals surface area (Å²) in [6.45, 7) is 0. The highest BCUT2D eigenvalue weighted by atomic mass is 79.9. The summed E-state index contributed by atoms with van der Waals surface area (Å²) < 4.78 is 1.67. The molecular weight excluding hydrogens is 382 g/mol. The van der Waals surface area contributed by atoms with E-state index in [4.69, 9.17) is 0 Å². The van der Waals surface area contributed by atoms with Crippen LogP contribution >= 0.6 is 31.9 Å². The quantitative estimate of drug-likeness (QED) is 0.577. The van der Waals surface area contributed by atoms with Gasteiger partial charge in [-0.05, 0) is 42.5 Å². The second-order valence-electron chi connectivity index (χ2n) is 4.36. The Hall–Kier alpha value is -1.52. The molecule has 0 saturated carbocycles.